The lowest BCUT2D eigenvalue weighted by Gasteiger charge is -2.48. The average Bonchev–Trinajstić information content (AvgIpc) is 3.09. The van der Waals surface area contributed by atoms with Gasteiger partial charge in [-0.15, -0.1) is 0 Å². The van der Waals surface area contributed by atoms with Gasteiger partial charge in [-0.1, -0.05) is 33.6 Å². The molecular formula is C14H25N. The van der Waals surface area contributed by atoms with E-state index in [0.717, 1.165) is 29.2 Å². The Morgan fingerprint density at radius 1 is 1.27 bits per heavy atom. The van der Waals surface area contributed by atoms with E-state index in [1.165, 1.54) is 25.3 Å². The van der Waals surface area contributed by atoms with E-state index in [9.17, 15) is 0 Å². The Labute approximate surface area is 94.0 Å². The first-order valence-electron chi connectivity index (χ1n) is 6.98. The van der Waals surface area contributed by atoms with E-state index in [1.54, 1.807) is 12.8 Å². The Morgan fingerprint density at radius 2 is 2.07 bits per heavy atom. The molecule has 0 bridgehead atoms. The first-order valence-corrected chi connectivity index (χ1v) is 6.98. The van der Waals surface area contributed by atoms with Crippen molar-refractivity contribution in [2.24, 2.45) is 28.6 Å². The Morgan fingerprint density at radius 3 is 2.53 bits per heavy atom. The molecule has 3 aliphatic rings. The molecule has 3 aliphatic carbocycles. The molecule has 1 nitrogen and oxygen atoms in total. The predicted molar refractivity (Wildman–Crippen MR) is 63.7 cm³/mol. The molecule has 4 unspecified atom stereocenters. The number of rotatable bonds is 6. The highest BCUT2D eigenvalue weighted by atomic mass is 15.0. The van der Waals surface area contributed by atoms with Gasteiger partial charge in [-0.2, -0.15) is 0 Å². The molecule has 1 N–H and O–H groups in total. The summed E-state index contributed by atoms with van der Waals surface area (Å²) >= 11 is 0. The van der Waals surface area contributed by atoms with Crippen LogP contribution < -0.4 is 5.32 Å². The van der Waals surface area contributed by atoms with Gasteiger partial charge in [0.25, 0.3) is 0 Å². The number of nitrogens with one attached hydrogen (secondary N) is 1. The number of hydrogen-bond acceptors (Lipinski definition) is 1. The van der Waals surface area contributed by atoms with Crippen LogP contribution in [-0.4, -0.2) is 13.1 Å². The Hall–Kier alpha value is -0.0400. The summed E-state index contributed by atoms with van der Waals surface area (Å²) in [6.45, 7) is 9.43. The van der Waals surface area contributed by atoms with Crippen molar-refractivity contribution in [3.63, 3.8) is 0 Å². The maximum Gasteiger partial charge on any atom is -0.00151 e. The second-order valence-electron chi connectivity index (χ2n) is 6.06. The molecule has 3 rings (SSSR count). The standard InChI is InChI=1S/C14H25N/c1-4-10-7-13(12-8-14(10,12)13)11(5-2)9-15-6-3/h10-12,15H,4-9H2,1-3H3/t10?,11?,12-,13?,14?/m0/s1. The topological polar surface area (TPSA) is 12.0 Å². The highest BCUT2D eigenvalue weighted by Gasteiger charge is 2.96. The van der Waals surface area contributed by atoms with Crippen LogP contribution in [0, 0.1) is 28.6 Å². The van der Waals surface area contributed by atoms with Crippen LogP contribution >= 0.6 is 0 Å². The molecule has 0 aromatic carbocycles. The molecule has 15 heavy (non-hydrogen) atoms. The Bertz CT molecular complexity index is 275. The number of hydrogen-bond donors (Lipinski definition) is 1. The van der Waals surface area contributed by atoms with E-state index in [1.807, 2.05) is 0 Å². The minimum absolute atomic E-state index is 0.852. The van der Waals surface area contributed by atoms with E-state index < -0.39 is 0 Å². The van der Waals surface area contributed by atoms with E-state index >= 15 is 0 Å². The highest BCUT2D eigenvalue weighted by Crippen LogP contribution is 3.02. The molecule has 5 atom stereocenters. The van der Waals surface area contributed by atoms with Crippen molar-refractivity contribution in [1.82, 2.24) is 5.32 Å². The number of fused-ring (bicyclic) bond motifs is 1. The maximum absolute atomic E-state index is 3.57. The summed E-state index contributed by atoms with van der Waals surface area (Å²) in [7, 11) is 0. The van der Waals surface area contributed by atoms with E-state index in [-0.39, 0.29) is 0 Å². The van der Waals surface area contributed by atoms with Gasteiger partial charge in [-0.3, -0.25) is 0 Å². The third-order valence-corrected chi connectivity index (χ3v) is 6.08. The quantitative estimate of drug-likeness (QED) is 0.706. The van der Waals surface area contributed by atoms with Crippen LogP contribution in [0.4, 0.5) is 0 Å². The van der Waals surface area contributed by atoms with Crippen LogP contribution in [0.1, 0.15) is 46.5 Å². The van der Waals surface area contributed by atoms with Crippen molar-refractivity contribution >= 4 is 0 Å². The normalized spacial score (nSPS) is 51.4. The van der Waals surface area contributed by atoms with E-state index in [4.69, 9.17) is 0 Å². The van der Waals surface area contributed by atoms with Crippen molar-refractivity contribution in [2.45, 2.75) is 46.5 Å². The molecule has 1 spiro atoms. The van der Waals surface area contributed by atoms with Crippen molar-refractivity contribution in [2.75, 3.05) is 13.1 Å². The molecule has 0 heterocycles. The van der Waals surface area contributed by atoms with Gasteiger partial charge in [0.1, 0.15) is 0 Å². The molecule has 0 aromatic rings. The zero-order chi connectivity index (χ0) is 10.7. The van der Waals surface area contributed by atoms with Crippen LogP contribution in [0.3, 0.4) is 0 Å². The zero-order valence-electron chi connectivity index (χ0n) is 10.5. The monoisotopic (exact) mass is 207 g/mol. The van der Waals surface area contributed by atoms with Gasteiger partial charge in [-0.05, 0) is 54.5 Å². The summed E-state index contributed by atoms with van der Waals surface area (Å²) in [5.41, 5.74) is 1.75. The third-order valence-electron chi connectivity index (χ3n) is 6.08. The SMILES string of the molecule is CCNCC(CC)C12CC(CC)C13C[C@@H]23. The molecular weight excluding hydrogens is 182 g/mol. The summed E-state index contributed by atoms with van der Waals surface area (Å²) in [5, 5.41) is 3.57. The summed E-state index contributed by atoms with van der Waals surface area (Å²) in [6, 6.07) is 0. The van der Waals surface area contributed by atoms with Gasteiger partial charge < -0.3 is 5.32 Å². The summed E-state index contributed by atoms with van der Waals surface area (Å²) in [4.78, 5) is 0. The van der Waals surface area contributed by atoms with Gasteiger partial charge in [0.2, 0.25) is 0 Å². The first-order chi connectivity index (χ1) is 7.27. The lowest BCUT2D eigenvalue weighted by Crippen LogP contribution is -2.45. The smallest absolute Gasteiger partial charge is 0.00151 e. The lowest BCUT2D eigenvalue weighted by atomic mass is 9.56. The Balaban J connectivity index is 1.65. The summed E-state index contributed by atoms with van der Waals surface area (Å²) in [6.07, 6.45) is 5.99. The molecule has 0 aromatic heterocycles. The van der Waals surface area contributed by atoms with Crippen molar-refractivity contribution in [3.05, 3.63) is 0 Å². The summed E-state index contributed by atoms with van der Waals surface area (Å²) < 4.78 is 0. The summed E-state index contributed by atoms with van der Waals surface area (Å²) in [5.74, 6) is 3.26. The lowest BCUT2D eigenvalue weighted by molar-refractivity contribution is 0.00447. The van der Waals surface area contributed by atoms with Crippen molar-refractivity contribution in [1.29, 1.82) is 0 Å². The zero-order valence-corrected chi connectivity index (χ0v) is 10.5. The van der Waals surface area contributed by atoms with Gasteiger partial charge >= 0.3 is 0 Å². The molecule has 1 heteroatoms. The molecule has 0 radical (unpaired) electrons. The molecule has 0 amide bonds. The van der Waals surface area contributed by atoms with Crippen LogP contribution in [0.15, 0.2) is 0 Å². The van der Waals surface area contributed by atoms with Crippen LogP contribution in [-0.2, 0) is 0 Å². The molecule has 3 saturated carbocycles. The second kappa shape index (κ2) is 3.00. The fourth-order valence-electron chi connectivity index (χ4n) is 5.24. The van der Waals surface area contributed by atoms with Gasteiger partial charge in [0.05, 0.1) is 0 Å². The molecule has 0 aliphatic heterocycles. The Kier molecular flexibility index (Phi) is 2.03. The predicted octanol–water partition coefficient (Wildman–Crippen LogP) is 3.06. The minimum Gasteiger partial charge on any atom is -0.317 e. The highest BCUT2D eigenvalue weighted by molar-refractivity contribution is 5.44. The minimum atomic E-state index is 0.852. The van der Waals surface area contributed by atoms with Crippen LogP contribution in [0.25, 0.3) is 0 Å². The maximum atomic E-state index is 3.57. The third kappa shape index (κ3) is 0.906. The van der Waals surface area contributed by atoms with E-state index in [2.05, 4.69) is 26.1 Å². The largest absolute Gasteiger partial charge is 0.317 e. The molecule has 0 saturated heterocycles. The van der Waals surface area contributed by atoms with Gasteiger partial charge in [-0.25, -0.2) is 0 Å². The fourth-order valence-corrected chi connectivity index (χ4v) is 5.24. The van der Waals surface area contributed by atoms with E-state index in [0.29, 0.717) is 0 Å². The molecule has 86 valence electrons. The first kappa shape index (κ1) is 10.1. The molecule has 3 fully saturated rings. The average molecular weight is 207 g/mol. The van der Waals surface area contributed by atoms with Crippen molar-refractivity contribution < 1.29 is 0 Å². The second-order valence-corrected chi connectivity index (χ2v) is 6.06. The fraction of sp³-hybridized carbons (Fsp3) is 1.00. The van der Waals surface area contributed by atoms with Crippen LogP contribution in [0.2, 0.25) is 0 Å². The van der Waals surface area contributed by atoms with Gasteiger partial charge in [0.15, 0.2) is 0 Å². The van der Waals surface area contributed by atoms with Gasteiger partial charge in [0, 0.05) is 0 Å². The van der Waals surface area contributed by atoms with Crippen molar-refractivity contribution in [3.8, 4) is 0 Å². The van der Waals surface area contributed by atoms with Crippen LogP contribution in [0.5, 0.6) is 0 Å².